The highest BCUT2D eigenvalue weighted by molar-refractivity contribution is 6.34. The van der Waals surface area contributed by atoms with E-state index in [1.807, 2.05) is 0 Å². The first-order valence-electron chi connectivity index (χ1n) is 6.03. The van der Waals surface area contributed by atoms with Gasteiger partial charge in [0.1, 0.15) is 11.5 Å². The molecule has 2 rings (SSSR count). The summed E-state index contributed by atoms with van der Waals surface area (Å²) in [5, 5.41) is 0.913. The normalized spacial score (nSPS) is 10.3. The topological polar surface area (TPSA) is 61.5 Å². The van der Waals surface area contributed by atoms with E-state index in [1.54, 1.807) is 31.2 Å². The van der Waals surface area contributed by atoms with Crippen LogP contribution in [0.1, 0.15) is 15.9 Å². The van der Waals surface area contributed by atoms with Crippen molar-refractivity contribution in [3.8, 4) is 11.5 Å². The Balaban J connectivity index is 2.40. The van der Waals surface area contributed by atoms with Gasteiger partial charge in [0.2, 0.25) is 0 Å². The second-order valence-electron chi connectivity index (χ2n) is 4.40. The van der Waals surface area contributed by atoms with Crippen LogP contribution in [0.15, 0.2) is 30.3 Å². The molecule has 0 bridgehead atoms. The van der Waals surface area contributed by atoms with Gasteiger partial charge >= 0.3 is 5.97 Å². The standard InChI is InChI=1S/C15H13Cl2NO3/c1-8-3-11(7-13(14(8)18)15(19)20-2)21-12-5-9(16)4-10(17)6-12/h3-7H,18H2,1-2H3. The Morgan fingerprint density at radius 2 is 1.62 bits per heavy atom. The van der Waals surface area contributed by atoms with Crippen LogP contribution in [0.25, 0.3) is 0 Å². The summed E-state index contributed by atoms with van der Waals surface area (Å²) < 4.78 is 10.4. The molecule has 2 aromatic carbocycles. The maximum atomic E-state index is 11.7. The molecule has 0 atom stereocenters. The van der Waals surface area contributed by atoms with Crippen molar-refractivity contribution in [1.29, 1.82) is 0 Å². The number of hydrogen-bond acceptors (Lipinski definition) is 4. The van der Waals surface area contributed by atoms with Gasteiger partial charge in [-0.2, -0.15) is 0 Å². The molecular formula is C15H13Cl2NO3. The second-order valence-corrected chi connectivity index (χ2v) is 5.27. The summed E-state index contributed by atoms with van der Waals surface area (Å²) in [5.74, 6) is 0.387. The minimum atomic E-state index is -0.523. The van der Waals surface area contributed by atoms with Gasteiger partial charge in [0, 0.05) is 15.7 Å². The maximum Gasteiger partial charge on any atom is 0.340 e. The Bertz CT molecular complexity index is 681. The summed E-state index contributed by atoms with van der Waals surface area (Å²) >= 11 is 11.8. The summed E-state index contributed by atoms with van der Waals surface area (Å²) in [6.45, 7) is 1.78. The van der Waals surface area contributed by atoms with Crippen LogP contribution in [0, 0.1) is 6.92 Å². The van der Waals surface area contributed by atoms with Crippen LogP contribution in [-0.2, 0) is 4.74 Å². The van der Waals surface area contributed by atoms with Crippen LogP contribution in [0.5, 0.6) is 11.5 Å². The van der Waals surface area contributed by atoms with Crippen molar-refractivity contribution in [2.75, 3.05) is 12.8 Å². The van der Waals surface area contributed by atoms with Crippen LogP contribution in [0.4, 0.5) is 5.69 Å². The van der Waals surface area contributed by atoms with Gasteiger partial charge < -0.3 is 15.2 Å². The number of rotatable bonds is 3. The lowest BCUT2D eigenvalue weighted by molar-refractivity contribution is 0.0601. The van der Waals surface area contributed by atoms with Crippen molar-refractivity contribution in [2.24, 2.45) is 0 Å². The van der Waals surface area contributed by atoms with Crippen LogP contribution < -0.4 is 10.5 Å². The van der Waals surface area contributed by atoms with E-state index in [0.717, 1.165) is 0 Å². The molecule has 2 N–H and O–H groups in total. The Kier molecular flexibility index (Phi) is 4.60. The van der Waals surface area contributed by atoms with Crippen molar-refractivity contribution >= 4 is 34.9 Å². The van der Waals surface area contributed by atoms with Gasteiger partial charge in [-0.3, -0.25) is 0 Å². The number of aryl methyl sites for hydroxylation is 1. The third-order valence-corrected chi connectivity index (χ3v) is 3.27. The molecule has 0 aliphatic rings. The van der Waals surface area contributed by atoms with E-state index in [2.05, 4.69) is 0 Å². The summed E-state index contributed by atoms with van der Waals surface area (Å²) in [6.07, 6.45) is 0. The zero-order valence-corrected chi connectivity index (χ0v) is 13.0. The van der Waals surface area contributed by atoms with Crippen LogP contribution in [0.2, 0.25) is 10.0 Å². The number of anilines is 1. The number of nitrogen functional groups attached to an aromatic ring is 1. The van der Waals surface area contributed by atoms with Crippen LogP contribution >= 0.6 is 23.2 Å². The summed E-state index contributed by atoms with van der Waals surface area (Å²) in [6, 6.07) is 8.08. The molecule has 6 heteroatoms. The number of nitrogens with two attached hydrogens (primary N) is 1. The van der Waals surface area contributed by atoms with E-state index >= 15 is 0 Å². The Hall–Kier alpha value is -1.91. The van der Waals surface area contributed by atoms with E-state index in [0.29, 0.717) is 32.8 Å². The number of benzene rings is 2. The number of hydrogen-bond donors (Lipinski definition) is 1. The van der Waals surface area contributed by atoms with E-state index in [9.17, 15) is 4.79 Å². The highest BCUT2D eigenvalue weighted by atomic mass is 35.5. The molecule has 0 spiro atoms. The predicted octanol–water partition coefficient (Wildman–Crippen LogP) is 4.46. The number of carbonyl (C=O) groups is 1. The fourth-order valence-corrected chi connectivity index (χ4v) is 2.33. The molecule has 0 saturated carbocycles. The molecule has 0 aromatic heterocycles. The SMILES string of the molecule is COC(=O)c1cc(Oc2cc(Cl)cc(Cl)c2)cc(C)c1N. The lowest BCUT2D eigenvalue weighted by Crippen LogP contribution is -2.07. The third kappa shape index (κ3) is 3.60. The van der Waals surface area contributed by atoms with Gasteiger partial charge in [0.05, 0.1) is 12.7 Å². The molecule has 0 unspecified atom stereocenters. The first kappa shape index (κ1) is 15.5. The number of esters is 1. The Morgan fingerprint density at radius 1 is 1.05 bits per heavy atom. The fraction of sp³-hybridized carbons (Fsp3) is 0.133. The van der Waals surface area contributed by atoms with Gasteiger partial charge in [0.25, 0.3) is 0 Å². The molecule has 4 nitrogen and oxygen atoms in total. The van der Waals surface area contributed by atoms with Crippen molar-refractivity contribution in [3.05, 3.63) is 51.5 Å². The Labute approximate surface area is 132 Å². The van der Waals surface area contributed by atoms with E-state index < -0.39 is 5.97 Å². The van der Waals surface area contributed by atoms with E-state index in [1.165, 1.54) is 13.2 Å². The minimum absolute atomic E-state index is 0.251. The highest BCUT2D eigenvalue weighted by Crippen LogP contribution is 2.31. The van der Waals surface area contributed by atoms with Gasteiger partial charge in [-0.15, -0.1) is 0 Å². The smallest absolute Gasteiger partial charge is 0.340 e. The molecule has 0 amide bonds. The molecular weight excluding hydrogens is 313 g/mol. The van der Waals surface area contributed by atoms with Crippen molar-refractivity contribution in [1.82, 2.24) is 0 Å². The molecule has 0 saturated heterocycles. The highest BCUT2D eigenvalue weighted by Gasteiger charge is 2.14. The molecule has 21 heavy (non-hydrogen) atoms. The third-order valence-electron chi connectivity index (χ3n) is 2.84. The van der Waals surface area contributed by atoms with Crippen molar-refractivity contribution in [2.45, 2.75) is 6.92 Å². The zero-order chi connectivity index (χ0) is 15.6. The van der Waals surface area contributed by atoms with Crippen molar-refractivity contribution in [3.63, 3.8) is 0 Å². The Morgan fingerprint density at radius 3 is 2.19 bits per heavy atom. The second kappa shape index (κ2) is 6.24. The molecule has 2 aromatic rings. The van der Waals surface area contributed by atoms with E-state index in [4.69, 9.17) is 38.4 Å². The quantitative estimate of drug-likeness (QED) is 0.668. The molecule has 110 valence electrons. The lowest BCUT2D eigenvalue weighted by Gasteiger charge is -2.12. The molecule has 0 heterocycles. The van der Waals surface area contributed by atoms with Gasteiger partial charge in [0.15, 0.2) is 0 Å². The largest absolute Gasteiger partial charge is 0.465 e. The maximum absolute atomic E-state index is 11.7. The molecule has 0 aliphatic carbocycles. The summed E-state index contributed by atoms with van der Waals surface area (Å²) in [7, 11) is 1.29. The van der Waals surface area contributed by atoms with Gasteiger partial charge in [-0.05, 0) is 42.8 Å². The minimum Gasteiger partial charge on any atom is -0.465 e. The lowest BCUT2D eigenvalue weighted by atomic mass is 10.1. The van der Waals surface area contributed by atoms with Crippen LogP contribution in [0.3, 0.4) is 0 Å². The first-order valence-corrected chi connectivity index (χ1v) is 6.78. The molecule has 0 fully saturated rings. The monoisotopic (exact) mass is 325 g/mol. The predicted molar refractivity (Wildman–Crippen MR) is 83.5 cm³/mol. The van der Waals surface area contributed by atoms with Gasteiger partial charge in [-0.25, -0.2) is 4.79 Å². The number of carbonyl (C=O) groups excluding carboxylic acids is 1. The number of ether oxygens (including phenoxy) is 2. The fourth-order valence-electron chi connectivity index (χ4n) is 1.83. The molecule has 0 radical (unpaired) electrons. The van der Waals surface area contributed by atoms with Crippen molar-refractivity contribution < 1.29 is 14.3 Å². The summed E-state index contributed by atoms with van der Waals surface area (Å²) in [4.78, 5) is 11.7. The average Bonchev–Trinajstić information content (AvgIpc) is 2.40. The summed E-state index contributed by atoms with van der Waals surface area (Å²) in [5.41, 5.74) is 7.19. The number of methoxy groups -OCH3 is 1. The van der Waals surface area contributed by atoms with E-state index in [-0.39, 0.29) is 5.56 Å². The van der Waals surface area contributed by atoms with Gasteiger partial charge in [-0.1, -0.05) is 23.2 Å². The molecule has 0 aliphatic heterocycles. The zero-order valence-electron chi connectivity index (χ0n) is 11.4. The average molecular weight is 326 g/mol. The number of halogens is 2. The van der Waals surface area contributed by atoms with Crippen LogP contribution in [-0.4, -0.2) is 13.1 Å². The first-order chi connectivity index (χ1) is 9.90.